The maximum Gasteiger partial charge on any atom is 0.264 e. The molecular formula is C21H21N3O4. The zero-order valence-corrected chi connectivity index (χ0v) is 15.7. The topological polar surface area (TPSA) is 93.3 Å². The fourth-order valence-electron chi connectivity index (χ4n) is 2.66. The van der Waals surface area contributed by atoms with Gasteiger partial charge < -0.3 is 14.8 Å². The first-order valence-corrected chi connectivity index (χ1v) is 8.74. The smallest absolute Gasteiger partial charge is 0.264 e. The lowest BCUT2D eigenvalue weighted by Gasteiger charge is -2.11. The number of anilines is 1. The van der Waals surface area contributed by atoms with Gasteiger partial charge in [-0.05, 0) is 54.4 Å². The number of H-pyrrole nitrogens is 1. The van der Waals surface area contributed by atoms with Crippen LogP contribution in [0.4, 0.5) is 5.69 Å². The van der Waals surface area contributed by atoms with Crippen LogP contribution in [0, 0.1) is 6.92 Å². The second-order valence-corrected chi connectivity index (χ2v) is 6.25. The number of ether oxygens (including phenoxy) is 2. The Morgan fingerprint density at radius 3 is 2.68 bits per heavy atom. The summed E-state index contributed by atoms with van der Waals surface area (Å²) in [6.45, 7) is 1.79. The Hall–Kier alpha value is -3.61. The Labute approximate surface area is 162 Å². The van der Waals surface area contributed by atoms with Gasteiger partial charge in [0.15, 0.2) is 6.61 Å². The minimum atomic E-state index is -0.249. The summed E-state index contributed by atoms with van der Waals surface area (Å²) in [5.41, 5.74) is 3.09. The molecule has 28 heavy (non-hydrogen) atoms. The molecule has 0 spiro atoms. The number of carbonyl (C=O) groups is 1. The molecule has 0 radical (unpaired) electrons. The minimum Gasteiger partial charge on any atom is -0.497 e. The molecule has 0 fully saturated rings. The monoisotopic (exact) mass is 379 g/mol. The molecule has 3 aromatic rings. The number of aromatic amines is 1. The molecule has 1 heterocycles. The minimum absolute atomic E-state index is 0.105. The number of hydrogen-bond donors (Lipinski definition) is 2. The van der Waals surface area contributed by atoms with Crippen LogP contribution in [0.2, 0.25) is 0 Å². The second kappa shape index (κ2) is 8.85. The molecule has 0 aliphatic rings. The summed E-state index contributed by atoms with van der Waals surface area (Å²) in [5, 5.41) is 9.23. The van der Waals surface area contributed by atoms with Crippen molar-refractivity contribution in [1.29, 1.82) is 0 Å². The first-order valence-electron chi connectivity index (χ1n) is 8.74. The van der Waals surface area contributed by atoms with E-state index in [2.05, 4.69) is 15.5 Å². The molecule has 0 bridgehead atoms. The molecule has 2 N–H and O–H groups in total. The highest BCUT2D eigenvalue weighted by molar-refractivity contribution is 5.92. The molecule has 0 atom stereocenters. The highest BCUT2D eigenvalue weighted by atomic mass is 16.5. The van der Waals surface area contributed by atoms with Crippen LogP contribution in [0.5, 0.6) is 11.5 Å². The van der Waals surface area contributed by atoms with Gasteiger partial charge in [0.2, 0.25) is 0 Å². The number of nitrogens with zero attached hydrogens (tertiary/aromatic N) is 1. The summed E-state index contributed by atoms with van der Waals surface area (Å²) < 4.78 is 10.8. The van der Waals surface area contributed by atoms with Crippen LogP contribution in [0.1, 0.15) is 16.8 Å². The molecule has 0 saturated heterocycles. The third-order valence-electron chi connectivity index (χ3n) is 4.10. The Bertz CT molecular complexity index is 1010. The van der Waals surface area contributed by atoms with E-state index in [9.17, 15) is 9.59 Å². The Morgan fingerprint density at radius 1 is 1.11 bits per heavy atom. The standard InChI is InChI=1S/C21H21N3O4/c1-14-10-17(27-2)7-8-19(14)22-21(26)13-28-18-5-3-4-15(12-18)11-16-6-9-20(25)24-23-16/h3-10,12H,11,13H2,1-2H3,(H,22,26)(H,24,25). The Morgan fingerprint density at radius 2 is 1.96 bits per heavy atom. The van der Waals surface area contributed by atoms with Crippen molar-refractivity contribution in [3.8, 4) is 11.5 Å². The van der Waals surface area contributed by atoms with Gasteiger partial charge in [0.1, 0.15) is 11.5 Å². The number of aromatic nitrogens is 2. The van der Waals surface area contributed by atoms with Gasteiger partial charge in [0.05, 0.1) is 12.8 Å². The number of benzene rings is 2. The molecule has 1 amide bonds. The zero-order valence-electron chi connectivity index (χ0n) is 15.7. The van der Waals surface area contributed by atoms with E-state index in [0.29, 0.717) is 17.9 Å². The van der Waals surface area contributed by atoms with Gasteiger partial charge in [-0.2, -0.15) is 5.10 Å². The number of amides is 1. The number of methoxy groups -OCH3 is 1. The fraction of sp³-hybridized carbons (Fsp3) is 0.190. The molecule has 0 aliphatic carbocycles. The second-order valence-electron chi connectivity index (χ2n) is 6.25. The number of aryl methyl sites for hydroxylation is 1. The maximum atomic E-state index is 12.2. The third-order valence-corrected chi connectivity index (χ3v) is 4.10. The summed E-state index contributed by atoms with van der Waals surface area (Å²) in [7, 11) is 1.60. The van der Waals surface area contributed by atoms with Crippen molar-refractivity contribution in [3.63, 3.8) is 0 Å². The van der Waals surface area contributed by atoms with E-state index in [1.807, 2.05) is 31.2 Å². The molecule has 3 rings (SSSR count). The van der Waals surface area contributed by atoms with Gasteiger partial charge in [-0.25, -0.2) is 5.10 Å². The van der Waals surface area contributed by atoms with Gasteiger partial charge in [0.25, 0.3) is 11.5 Å². The van der Waals surface area contributed by atoms with Crippen LogP contribution >= 0.6 is 0 Å². The van der Waals surface area contributed by atoms with E-state index >= 15 is 0 Å². The zero-order chi connectivity index (χ0) is 19.9. The van der Waals surface area contributed by atoms with E-state index in [1.54, 1.807) is 31.4 Å². The summed E-state index contributed by atoms with van der Waals surface area (Å²) in [5.74, 6) is 1.07. The summed E-state index contributed by atoms with van der Waals surface area (Å²) in [4.78, 5) is 23.3. The van der Waals surface area contributed by atoms with Gasteiger partial charge in [-0.15, -0.1) is 0 Å². The summed E-state index contributed by atoms with van der Waals surface area (Å²) in [6, 6.07) is 16.0. The van der Waals surface area contributed by atoms with Crippen molar-refractivity contribution in [1.82, 2.24) is 10.2 Å². The van der Waals surface area contributed by atoms with Crippen molar-refractivity contribution in [2.24, 2.45) is 0 Å². The van der Waals surface area contributed by atoms with E-state index < -0.39 is 0 Å². The van der Waals surface area contributed by atoms with Crippen molar-refractivity contribution in [2.75, 3.05) is 19.0 Å². The first-order chi connectivity index (χ1) is 13.5. The summed E-state index contributed by atoms with van der Waals surface area (Å²) in [6.07, 6.45) is 0.547. The van der Waals surface area contributed by atoms with E-state index in [1.165, 1.54) is 6.07 Å². The number of nitrogens with one attached hydrogen (secondary N) is 2. The van der Waals surface area contributed by atoms with Crippen molar-refractivity contribution >= 4 is 11.6 Å². The van der Waals surface area contributed by atoms with Crippen molar-refractivity contribution in [3.05, 3.63) is 81.8 Å². The molecule has 2 aromatic carbocycles. The van der Waals surface area contributed by atoms with Crippen LogP contribution in [0.3, 0.4) is 0 Å². The quantitative estimate of drug-likeness (QED) is 0.658. The predicted octanol–water partition coefficient (Wildman–Crippen LogP) is 2.70. The number of rotatable bonds is 7. The molecule has 0 unspecified atom stereocenters. The lowest BCUT2D eigenvalue weighted by molar-refractivity contribution is -0.118. The highest BCUT2D eigenvalue weighted by Gasteiger charge is 2.08. The molecule has 7 nitrogen and oxygen atoms in total. The van der Waals surface area contributed by atoms with Gasteiger partial charge in [-0.1, -0.05) is 12.1 Å². The lowest BCUT2D eigenvalue weighted by Crippen LogP contribution is -2.20. The highest BCUT2D eigenvalue weighted by Crippen LogP contribution is 2.21. The molecule has 0 aliphatic heterocycles. The van der Waals surface area contributed by atoms with Crippen LogP contribution < -0.4 is 20.3 Å². The molecule has 0 saturated carbocycles. The first kappa shape index (κ1) is 19.2. The van der Waals surface area contributed by atoms with Crippen LogP contribution in [0.25, 0.3) is 0 Å². The van der Waals surface area contributed by atoms with Gasteiger partial charge in [0, 0.05) is 18.2 Å². The third kappa shape index (κ3) is 5.20. The van der Waals surface area contributed by atoms with Crippen molar-refractivity contribution < 1.29 is 14.3 Å². The van der Waals surface area contributed by atoms with Crippen LogP contribution in [0.15, 0.2) is 59.4 Å². The molecular weight excluding hydrogens is 358 g/mol. The number of carbonyl (C=O) groups excluding carboxylic acids is 1. The molecule has 7 heteroatoms. The number of hydrogen-bond acceptors (Lipinski definition) is 5. The maximum absolute atomic E-state index is 12.2. The Kier molecular flexibility index (Phi) is 6.06. The average Bonchev–Trinajstić information content (AvgIpc) is 2.70. The SMILES string of the molecule is COc1ccc(NC(=O)COc2cccc(Cc3ccc(=O)[nH]n3)c2)c(C)c1. The average molecular weight is 379 g/mol. The van der Waals surface area contributed by atoms with Crippen LogP contribution in [-0.2, 0) is 11.2 Å². The summed E-state index contributed by atoms with van der Waals surface area (Å²) >= 11 is 0. The largest absolute Gasteiger partial charge is 0.497 e. The van der Waals surface area contributed by atoms with E-state index in [4.69, 9.17) is 9.47 Å². The Balaban J connectivity index is 1.57. The molecule has 1 aromatic heterocycles. The fourth-order valence-corrected chi connectivity index (χ4v) is 2.66. The van der Waals surface area contributed by atoms with Crippen molar-refractivity contribution in [2.45, 2.75) is 13.3 Å². The van der Waals surface area contributed by atoms with Gasteiger partial charge >= 0.3 is 0 Å². The predicted molar refractivity (Wildman–Crippen MR) is 106 cm³/mol. The van der Waals surface area contributed by atoms with E-state index in [-0.39, 0.29) is 18.1 Å². The van der Waals surface area contributed by atoms with E-state index in [0.717, 1.165) is 22.6 Å². The molecule has 144 valence electrons. The van der Waals surface area contributed by atoms with Crippen LogP contribution in [-0.4, -0.2) is 29.8 Å². The lowest BCUT2D eigenvalue weighted by atomic mass is 10.1. The van der Waals surface area contributed by atoms with Gasteiger partial charge in [-0.3, -0.25) is 9.59 Å². The normalized spacial score (nSPS) is 10.4.